The molecule has 0 amide bonds. The number of pyridine rings is 1. The zero-order chi connectivity index (χ0) is 6.97. The Morgan fingerprint density at radius 3 is 3.30 bits per heavy atom. The molecule has 0 unspecified atom stereocenters. The molecule has 0 radical (unpaired) electrons. The van der Waals surface area contributed by atoms with Crippen molar-refractivity contribution in [3.05, 3.63) is 34.6 Å². The number of hydrogen-bond donors (Lipinski definition) is 0. The van der Waals surface area contributed by atoms with E-state index in [1.807, 2.05) is 12.1 Å². The zero-order valence-electron chi connectivity index (χ0n) is 5.34. The lowest BCUT2D eigenvalue weighted by Gasteiger charge is -1.95. The molecule has 0 saturated carbocycles. The molecular formula is C8H6ClN. The average Bonchev–Trinajstić information content (AvgIpc) is 2.33. The Hall–Kier alpha value is -0.820. The van der Waals surface area contributed by atoms with Gasteiger partial charge in [0.1, 0.15) is 0 Å². The van der Waals surface area contributed by atoms with Gasteiger partial charge in [0.05, 0.1) is 10.7 Å². The van der Waals surface area contributed by atoms with Crippen LogP contribution in [-0.2, 0) is 6.42 Å². The van der Waals surface area contributed by atoms with Crippen LogP contribution in [0.1, 0.15) is 11.3 Å². The lowest BCUT2D eigenvalue weighted by atomic mass is 10.2. The molecule has 2 heteroatoms. The van der Waals surface area contributed by atoms with Crippen molar-refractivity contribution in [2.24, 2.45) is 0 Å². The summed E-state index contributed by atoms with van der Waals surface area (Å²) < 4.78 is 0. The van der Waals surface area contributed by atoms with Gasteiger partial charge >= 0.3 is 0 Å². The second-order valence-electron chi connectivity index (χ2n) is 2.30. The number of allylic oxidation sites excluding steroid dienone is 1. The fourth-order valence-electron chi connectivity index (χ4n) is 1.10. The monoisotopic (exact) mass is 151 g/mol. The second kappa shape index (κ2) is 2.10. The van der Waals surface area contributed by atoms with E-state index >= 15 is 0 Å². The minimum Gasteiger partial charge on any atom is -0.259 e. The maximum atomic E-state index is 5.73. The zero-order valence-corrected chi connectivity index (χ0v) is 6.10. The topological polar surface area (TPSA) is 12.9 Å². The summed E-state index contributed by atoms with van der Waals surface area (Å²) in [6, 6.07) is 1.94. The summed E-state index contributed by atoms with van der Waals surface area (Å²) in [6.45, 7) is 0. The predicted molar refractivity (Wildman–Crippen MR) is 42.0 cm³/mol. The molecule has 10 heavy (non-hydrogen) atoms. The van der Waals surface area contributed by atoms with E-state index in [4.69, 9.17) is 11.6 Å². The van der Waals surface area contributed by atoms with Gasteiger partial charge in [-0.05, 0) is 11.6 Å². The van der Waals surface area contributed by atoms with Gasteiger partial charge in [0.15, 0.2) is 0 Å². The highest BCUT2D eigenvalue weighted by Gasteiger charge is 2.04. The largest absolute Gasteiger partial charge is 0.259 e. The molecule has 1 heterocycles. The molecule has 0 fully saturated rings. The first-order valence-electron chi connectivity index (χ1n) is 3.17. The Kier molecular flexibility index (Phi) is 1.24. The van der Waals surface area contributed by atoms with Gasteiger partial charge in [0.25, 0.3) is 0 Å². The molecule has 0 atom stereocenters. The van der Waals surface area contributed by atoms with Crippen LogP contribution in [0, 0.1) is 0 Å². The molecule has 0 saturated heterocycles. The molecule has 0 bridgehead atoms. The quantitative estimate of drug-likeness (QED) is 0.555. The van der Waals surface area contributed by atoms with Crippen molar-refractivity contribution < 1.29 is 0 Å². The molecule has 2 rings (SSSR count). The Balaban J connectivity index is 2.60. The first-order valence-corrected chi connectivity index (χ1v) is 3.55. The minimum atomic E-state index is 0.713. The van der Waals surface area contributed by atoms with E-state index in [1.165, 1.54) is 0 Å². The van der Waals surface area contributed by atoms with Gasteiger partial charge < -0.3 is 0 Å². The highest BCUT2D eigenvalue weighted by atomic mass is 35.5. The van der Waals surface area contributed by atoms with Crippen molar-refractivity contribution in [1.82, 2.24) is 4.98 Å². The van der Waals surface area contributed by atoms with Crippen molar-refractivity contribution in [2.45, 2.75) is 6.42 Å². The normalized spacial score (nSPS) is 13.7. The third-order valence-corrected chi connectivity index (χ3v) is 1.79. The molecule has 1 aromatic rings. The van der Waals surface area contributed by atoms with E-state index in [0.29, 0.717) is 5.02 Å². The maximum Gasteiger partial charge on any atom is 0.0595 e. The van der Waals surface area contributed by atoms with Gasteiger partial charge in [0, 0.05) is 12.6 Å². The number of fused-ring (bicyclic) bond motifs is 1. The lowest BCUT2D eigenvalue weighted by molar-refractivity contribution is 1.13. The Morgan fingerprint density at radius 2 is 2.40 bits per heavy atom. The van der Waals surface area contributed by atoms with Gasteiger partial charge in [0.2, 0.25) is 0 Å². The van der Waals surface area contributed by atoms with E-state index in [9.17, 15) is 0 Å². The first kappa shape index (κ1) is 5.93. The third-order valence-electron chi connectivity index (χ3n) is 1.58. The molecule has 1 aliphatic rings. The Labute approximate surface area is 64.4 Å². The van der Waals surface area contributed by atoms with Gasteiger partial charge in [-0.15, -0.1) is 0 Å². The summed E-state index contributed by atoms with van der Waals surface area (Å²) in [5, 5.41) is 0.713. The van der Waals surface area contributed by atoms with Gasteiger partial charge in [-0.1, -0.05) is 23.8 Å². The Morgan fingerprint density at radius 1 is 1.50 bits per heavy atom. The van der Waals surface area contributed by atoms with Crippen LogP contribution >= 0.6 is 11.6 Å². The molecule has 0 aromatic carbocycles. The molecule has 1 aromatic heterocycles. The van der Waals surface area contributed by atoms with Crippen molar-refractivity contribution in [3.63, 3.8) is 0 Å². The van der Waals surface area contributed by atoms with E-state index in [0.717, 1.165) is 17.7 Å². The summed E-state index contributed by atoms with van der Waals surface area (Å²) >= 11 is 5.73. The number of aromatic nitrogens is 1. The van der Waals surface area contributed by atoms with Gasteiger partial charge in [-0.2, -0.15) is 0 Å². The third kappa shape index (κ3) is 0.830. The van der Waals surface area contributed by atoms with Crippen LogP contribution in [0.3, 0.4) is 0 Å². The SMILES string of the molecule is Clc1cnc2c(c1)C=CC2. The molecule has 50 valence electrons. The number of hydrogen-bond acceptors (Lipinski definition) is 1. The van der Waals surface area contributed by atoms with E-state index < -0.39 is 0 Å². The van der Waals surface area contributed by atoms with Crippen LogP contribution in [0.5, 0.6) is 0 Å². The van der Waals surface area contributed by atoms with Crippen LogP contribution in [0.25, 0.3) is 6.08 Å². The first-order chi connectivity index (χ1) is 4.86. The minimum absolute atomic E-state index is 0.713. The smallest absolute Gasteiger partial charge is 0.0595 e. The van der Waals surface area contributed by atoms with Crippen molar-refractivity contribution >= 4 is 17.7 Å². The highest BCUT2D eigenvalue weighted by molar-refractivity contribution is 6.30. The highest BCUT2D eigenvalue weighted by Crippen LogP contribution is 2.19. The van der Waals surface area contributed by atoms with E-state index in [-0.39, 0.29) is 0 Å². The van der Waals surface area contributed by atoms with Gasteiger partial charge in [-0.3, -0.25) is 4.98 Å². The fourth-order valence-corrected chi connectivity index (χ4v) is 1.26. The van der Waals surface area contributed by atoms with E-state index in [2.05, 4.69) is 11.1 Å². The van der Waals surface area contributed by atoms with E-state index in [1.54, 1.807) is 6.20 Å². The molecule has 1 nitrogen and oxygen atoms in total. The molecule has 0 N–H and O–H groups in total. The second-order valence-corrected chi connectivity index (χ2v) is 2.73. The average molecular weight is 152 g/mol. The van der Waals surface area contributed by atoms with Crippen LogP contribution in [0.15, 0.2) is 18.3 Å². The van der Waals surface area contributed by atoms with Crippen LogP contribution in [0.4, 0.5) is 0 Å². The standard InChI is InChI=1S/C8H6ClN/c9-7-4-6-2-1-3-8(6)10-5-7/h1-2,4-5H,3H2. The maximum absolute atomic E-state index is 5.73. The van der Waals surface area contributed by atoms with Gasteiger partial charge in [-0.25, -0.2) is 0 Å². The van der Waals surface area contributed by atoms with Crippen LogP contribution < -0.4 is 0 Å². The van der Waals surface area contributed by atoms with Crippen LogP contribution in [-0.4, -0.2) is 4.98 Å². The summed E-state index contributed by atoms with van der Waals surface area (Å²) in [4.78, 5) is 4.16. The number of halogens is 1. The van der Waals surface area contributed by atoms with Crippen molar-refractivity contribution in [3.8, 4) is 0 Å². The predicted octanol–water partition coefficient (Wildman–Crippen LogP) is 2.30. The summed E-state index contributed by atoms with van der Waals surface area (Å²) in [5.74, 6) is 0. The van der Waals surface area contributed by atoms with Crippen LogP contribution in [0.2, 0.25) is 5.02 Å². The van der Waals surface area contributed by atoms with Crippen molar-refractivity contribution in [2.75, 3.05) is 0 Å². The molecule has 1 aliphatic carbocycles. The van der Waals surface area contributed by atoms with Crippen molar-refractivity contribution in [1.29, 1.82) is 0 Å². The lowest BCUT2D eigenvalue weighted by Crippen LogP contribution is -1.85. The number of rotatable bonds is 0. The number of nitrogens with zero attached hydrogens (tertiary/aromatic N) is 1. The summed E-state index contributed by atoms with van der Waals surface area (Å²) in [5.41, 5.74) is 2.29. The summed E-state index contributed by atoms with van der Waals surface area (Å²) in [7, 11) is 0. The fraction of sp³-hybridized carbons (Fsp3) is 0.125. The summed E-state index contributed by atoms with van der Waals surface area (Å²) in [6.07, 6.45) is 6.78. The molecule has 0 spiro atoms. The molecular weight excluding hydrogens is 146 g/mol. The Bertz CT molecular complexity index is 291. The molecule has 0 aliphatic heterocycles.